The molecule has 2 aromatic rings. The van der Waals surface area contributed by atoms with Gasteiger partial charge in [-0.3, -0.25) is 4.99 Å². The highest BCUT2D eigenvalue weighted by Gasteiger charge is 2.29. The Balaban J connectivity index is 1.79. The van der Waals surface area contributed by atoms with Crippen LogP contribution in [0.4, 0.5) is 5.69 Å². The Kier molecular flexibility index (Phi) is 5.19. The molecule has 130 valence electrons. The van der Waals surface area contributed by atoms with Crippen LogP contribution in [0.3, 0.4) is 0 Å². The van der Waals surface area contributed by atoms with E-state index in [-0.39, 0.29) is 5.54 Å². The maximum atomic E-state index is 5.92. The molecular formula is C17H19N5OS2. The summed E-state index contributed by atoms with van der Waals surface area (Å²) < 4.78 is 5.01. The van der Waals surface area contributed by atoms with E-state index in [2.05, 4.69) is 39.3 Å². The van der Waals surface area contributed by atoms with Crippen LogP contribution in [0.1, 0.15) is 24.6 Å². The minimum atomic E-state index is -0.311. The highest BCUT2D eigenvalue weighted by molar-refractivity contribution is 8.13. The van der Waals surface area contributed by atoms with E-state index in [0.717, 1.165) is 23.4 Å². The fraction of sp³-hybridized carbons (Fsp3) is 0.294. The van der Waals surface area contributed by atoms with Crippen LogP contribution >= 0.6 is 24.0 Å². The predicted octanol–water partition coefficient (Wildman–Crippen LogP) is 2.94. The van der Waals surface area contributed by atoms with E-state index < -0.39 is 0 Å². The largest absolute Gasteiger partial charge is 0.480 e. The average molecular weight is 374 g/mol. The maximum Gasteiger partial charge on any atom is 0.232 e. The fourth-order valence-corrected chi connectivity index (χ4v) is 3.76. The van der Waals surface area contributed by atoms with Crippen molar-refractivity contribution in [2.45, 2.75) is 18.9 Å². The lowest BCUT2D eigenvalue weighted by Crippen LogP contribution is -2.28. The van der Waals surface area contributed by atoms with Gasteiger partial charge in [0, 0.05) is 11.4 Å². The third kappa shape index (κ3) is 4.08. The van der Waals surface area contributed by atoms with E-state index in [1.807, 2.05) is 12.1 Å². The van der Waals surface area contributed by atoms with Crippen LogP contribution in [0, 0.1) is 0 Å². The number of thiocarbonyl (C=S) groups is 1. The first-order valence-electron chi connectivity index (χ1n) is 7.76. The molecule has 0 fully saturated rings. The normalized spacial score (nSPS) is 19.8. The Morgan fingerprint density at radius 2 is 2.20 bits per heavy atom. The van der Waals surface area contributed by atoms with Gasteiger partial charge in [0.25, 0.3) is 0 Å². The summed E-state index contributed by atoms with van der Waals surface area (Å²) in [7, 11) is 1.55. The summed E-state index contributed by atoms with van der Waals surface area (Å²) in [6.07, 6.45) is 4.07. The van der Waals surface area contributed by atoms with Crippen molar-refractivity contribution in [3.8, 4) is 5.88 Å². The van der Waals surface area contributed by atoms with Crippen LogP contribution in [-0.2, 0) is 5.54 Å². The Morgan fingerprint density at radius 1 is 1.36 bits per heavy atom. The number of thioether (sulfide) groups is 1. The van der Waals surface area contributed by atoms with E-state index >= 15 is 0 Å². The van der Waals surface area contributed by atoms with Gasteiger partial charge in [-0.2, -0.15) is 0 Å². The smallest absolute Gasteiger partial charge is 0.232 e. The highest BCUT2D eigenvalue weighted by Crippen LogP contribution is 2.35. The lowest BCUT2D eigenvalue weighted by Gasteiger charge is -2.30. The molecule has 8 heteroatoms. The summed E-state index contributed by atoms with van der Waals surface area (Å²) in [5, 5.41) is 3.84. The number of hydrogen-bond donors (Lipinski definition) is 2. The molecule has 0 aliphatic carbocycles. The third-order valence-corrected chi connectivity index (χ3v) is 5.11. The molecule has 0 amide bonds. The molecule has 3 rings (SSSR count). The second-order valence-corrected chi connectivity index (χ2v) is 7.32. The highest BCUT2D eigenvalue weighted by atomic mass is 32.2. The van der Waals surface area contributed by atoms with Gasteiger partial charge in [-0.25, -0.2) is 9.97 Å². The number of aliphatic imine (C=N–C) groups is 1. The number of nitrogens with one attached hydrogen (secondary N) is 1. The molecule has 1 aromatic carbocycles. The van der Waals surface area contributed by atoms with Gasteiger partial charge in [0.15, 0.2) is 5.17 Å². The Hall–Kier alpha value is -2.19. The number of ether oxygens (including phenoxy) is 1. The van der Waals surface area contributed by atoms with Crippen molar-refractivity contribution in [3.05, 3.63) is 47.9 Å². The minimum absolute atomic E-state index is 0.311. The van der Waals surface area contributed by atoms with Gasteiger partial charge in [-0.1, -0.05) is 36.1 Å². The Morgan fingerprint density at radius 3 is 2.88 bits per heavy atom. The molecule has 1 aliphatic heterocycles. The van der Waals surface area contributed by atoms with Crippen molar-refractivity contribution in [2.24, 2.45) is 10.7 Å². The van der Waals surface area contributed by atoms with Crippen LogP contribution in [0.5, 0.6) is 5.88 Å². The van der Waals surface area contributed by atoms with Gasteiger partial charge in [0.05, 0.1) is 25.0 Å². The second kappa shape index (κ2) is 7.37. The Labute approximate surface area is 156 Å². The number of nitrogens with two attached hydrogens (primary N) is 1. The molecule has 0 saturated carbocycles. The standard InChI is InChI=1S/C17H19N5OS2/c1-17(6-7-25-16(18)22-17)11-4-3-5-12(8-11)21-15(24)13-9-20-14(23-2)10-19-13/h3-5,8-10H,6-7H2,1-2H3,(H2,18,22)(H,21,24). The van der Waals surface area contributed by atoms with E-state index in [0.29, 0.717) is 21.7 Å². The molecule has 2 heterocycles. The van der Waals surface area contributed by atoms with E-state index in [9.17, 15) is 0 Å². The van der Waals surface area contributed by atoms with Gasteiger partial charge < -0.3 is 15.8 Å². The molecule has 1 unspecified atom stereocenters. The molecule has 6 nitrogen and oxygen atoms in total. The zero-order valence-electron chi connectivity index (χ0n) is 14.0. The summed E-state index contributed by atoms with van der Waals surface area (Å²) in [6.45, 7) is 2.10. The van der Waals surface area contributed by atoms with Crippen molar-refractivity contribution in [1.82, 2.24) is 9.97 Å². The first-order valence-corrected chi connectivity index (χ1v) is 9.15. The molecular weight excluding hydrogens is 354 g/mol. The number of anilines is 1. The first-order chi connectivity index (χ1) is 12.0. The van der Waals surface area contributed by atoms with Crippen molar-refractivity contribution in [2.75, 3.05) is 18.2 Å². The first kappa shape index (κ1) is 17.6. The molecule has 3 N–H and O–H groups in total. The molecule has 0 spiro atoms. The van der Waals surface area contributed by atoms with Gasteiger partial charge in [-0.05, 0) is 31.0 Å². The molecule has 1 atom stereocenters. The van der Waals surface area contributed by atoms with Gasteiger partial charge in [0.2, 0.25) is 5.88 Å². The summed E-state index contributed by atoms with van der Waals surface area (Å²) >= 11 is 7.02. The lowest BCUT2D eigenvalue weighted by molar-refractivity contribution is 0.395. The van der Waals surface area contributed by atoms with Gasteiger partial charge >= 0.3 is 0 Å². The number of aromatic nitrogens is 2. The topological polar surface area (TPSA) is 85.4 Å². The van der Waals surface area contributed by atoms with Crippen LogP contribution in [0.15, 0.2) is 41.7 Å². The lowest BCUT2D eigenvalue weighted by atomic mass is 9.89. The number of hydrogen-bond acceptors (Lipinski definition) is 7. The fourth-order valence-electron chi connectivity index (χ4n) is 2.56. The van der Waals surface area contributed by atoms with E-state index in [4.69, 9.17) is 22.7 Å². The summed E-state index contributed by atoms with van der Waals surface area (Å²) in [5.41, 5.74) is 8.18. The number of nitrogens with zero attached hydrogens (tertiary/aromatic N) is 3. The van der Waals surface area contributed by atoms with Crippen LogP contribution in [-0.4, -0.2) is 33.0 Å². The zero-order valence-corrected chi connectivity index (χ0v) is 15.7. The number of methoxy groups -OCH3 is 1. The van der Waals surface area contributed by atoms with Gasteiger partial charge in [0.1, 0.15) is 10.7 Å². The zero-order chi connectivity index (χ0) is 17.9. The Bertz CT molecular complexity index is 809. The molecule has 0 radical (unpaired) electrons. The van der Waals surface area contributed by atoms with Crippen LogP contribution in [0.25, 0.3) is 0 Å². The van der Waals surface area contributed by atoms with Crippen molar-refractivity contribution < 1.29 is 4.74 Å². The quantitative estimate of drug-likeness (QED) is 0.797. The number of benzene rings is 1. The van der Waals surface area contributed by atoms with Gasteiger partial charge in [-0.15, -0.1) is 0 Å². The SMILES string of the molecule is COc1cnc(C(=S)Nc2cccc(C3(C)CCSC(N)=N3)c2)cn1. The molecule has 1 aliphatic rings. The van der Waals surface area contributed by atoms with Crippen LogP contribution in [0.2, 0.25) is 0 Å². The number of rotatable bonds is 4. The average Bonchev–Trinajstić information content (AvgIpc) is 2.62. The molecule has 1 aromatic heterocycles. The van der Waals surface area contributed by atoms with Crippen molar-refractivity contribution >= 4 is 39.8 Å². The molecule has 0 saturated heterocycles. The van der Waals surface area contributed by atoms with Crippen molar-refractivity contribution in [1.29, 1.82) is 0 Å². The van der Waals surface area contributed by atoms with E-state index in [1.54, 1.807) is 25.1 Å². The maximum absolute atomic E-state index is 5.92. The summed E-state index contributed by atoms with van der Waals surface area (Å²) in [4.78, 5) is 13.5. The summed E-state index contributed by atoms with van der Waals surface area (Å²) in [5.74, 6) is 1.41. The summed E-state index contributed by atoms with van der Waals surface area (Å²) in [6, 6.07) is 8.06. The second-order valence-electron chi connectivity index (χ2n) is 5.80. The predicted molar refractivity (Wildman–Crippen MR) is 106 cm³/mol. The van der Waals surface area contributed by atoms with E-state index in [1.165, 1.54) is 6.20 Å². The molecule has 0 bridgehead atoms. The van der Waals surface area contributed by atoms with Crippen LogP contribution < -0.4 is 15.8 Å². The van der Waals surface area contributed by atoms with Crippen molar-refractivity contribution in [3.63, 3.8) is 0 Å². The molecule has 25 heavy (non-hydrogen) atoms. The minimum Gasteiger partial charge on any atom is -0.480 e. The monoisotopic (exact) mass is 373 g/mol. The number of amidine groups is 1. The third-order valence-electron chi connectivity index (χ3n) is 4.01.